The average molecular weight is 307 g/mol. The summed E-state index contributed by atoms with van der Waals surface area (Å²) in [4.78, 5) is 23.6. The summed E-state index contributed by atoms with van der Waals surface area (Å²) in [6.07, 6.45) is 3.80. The molecular formula is C15H17NO4S. The number of nitrogens with one attached hydrogen (secondary N) is 1. The van der Waals surface area contributed by atoms with Crippen molar-refractivity contribution in [1.82, 2.24) is 5.32 Å². The van der Waals surface area contributed by atoms with Gasteiger partial charge in [-0.05, 0) is 30.7 Å². The number of hydrogen-bond donors (Lipinski definition) is 2. The molecule has 2 N–H and O–H groups in total. The number of ether oxygens (including phenoxy) is 1. The summed E-state index contributed by atoms with van der Waals surface area (Å²) in [5, 5.41) is 11.7. The van der Waals surface area contributed by atoms with Crippen LogP contribution in [0.25, 0.3) is 0 Å². The van der Waals surface area contributed by atoms with Gasteiger partial charge in [-0.15, -0.1) is 11.8 Å². The molecule has 0 bridgehead atoms. The van der Waals surface area contributed by atoms with E-state index >= 15 is 0 Å². The summed E-state index contributed by atoms with van der Waals surface area (Å²) in [6, 6.07) is 7.30. The zero-order valence-electron chi connectivity index (χ0n) is 11.6. The van der Waals surface area contributed by atoms with Crippen LogP contribution in [0.15, 0.2) is 41.3 Å². The van der Waals surface area contributed by atoms with Crippen molar-refractivity contribution in [2.75, 3.05) is 12.9 Å². The van der Waals surface area contributed by atoms with Crippen molar-refractivity contribution in [3.8, 4) is 5.75 Å². The van der Waals surface area contributed by atoms with Gasteiger partial charge >= 0.3 is 5.97 Å². The Hall–Kier alpha value is -1.95. The number of carbonyl (C=O) groups is 2. The van der Waals surface area contributed by atoms with E-state index < -0.39 is 11.9 Å². The van der Waals surface area contributed by atoms with Crippen LogP contribution in [0.4, 0.5) is 0 Å². The fourth-order valence-electron chi connectivity index (χ4n) is 2.06. The highest BCUT2D eigenvalue weighted by molar-refractivity contribution is 8.00. The Balaban J connectivity index is 1.75. The van der Waals surface area contributed by atoms with Crippen LogP contribution >= 0.6 is 11.8 Å². The summed E-state index contributed by atoms with van der Waals surface area (Å²) in [5.41, 5.74) is 0. The second-order valence-electron chi connectivity index (χ2n) is 4.70. The summed E-state index contributed by atoms with van der Waals surface area (Å²) in [7, 11) is 1.61. The second kappa shape index (κ2) is 7.17. The zero-order valence-corrected chi connectivity index (χ0v) is 12.4. The van der Waals surface area contributed by atoms with Crippen LogP contribution in [-0.2, 0) is 9.59 Å². The Bertz CT molecular complexity index is 541. The van der Waals surface area contributed by atoms with E-state index in [2.05, 4.69) is 5.32 Å². The molecular weight excluding hydrogens is 290 g/mol. The van der Waals surface area contributed by atoms with Crippen LogP contribution in [-0.4, -0.2) is 35.9 Å². The van der Waals surface area contributed by atoms with E-state index in [4.69, 9.17) is 9.84 Å². The maximum absolute atomic E-state index is 11.8. The molecule has 6 heteroatoms. The molecule has 2 rings (SSSR count). The average Bonchev–Trinajstić information content (AvgIpc) is 2.94. The van der Waals surface area contributed by atoms with Crippen LogP contribution in [0.1, 0.15) is 6.42 Å². The van der Waals surface area contributed by atoms with Crippen molar-refractivity contribution in [1.29, 1.82) is 0 Å². The molecule has 1 aromatic rings. The Labute approximate surface area is 127 Å². The molecule has 0 saturated heterocycles. The van der Waals surface area contributed by atoms with Gasteiger partial charge in [-0.3, -0.25) is 9.59 Å². The van der Waals surface area contributed by atoms with E-state index in [1.54, 1.807) is 19.3 Å². The van der Waals surface area contributed by atoms with Gasteiger partial charge in [0.1, 0.15) is 5.75 Å². The molecule has 0 saturated carbocycles. The van der Waals surface area contributed by atoms with Crippen molar-refractivity contribution in [3.05, 3.63) is 36.4 Å². The van der Waals surface area contributed by atoms with E-state index in [1.165, 1.54) is 11.8 Å². The summed E-state index contributed by atoms with van der Waals surface area (Å²) >= 11 is 1.43. The van der Waals surface area contributed by atoms with Crippen LogP contribution in [0.3, 0.4) is 0 Å². The molecule has 0 fully saturated rings. The lowest BCUT2D eigenvalue weighted by atomic mass is 10.1. The molecule has 1 aliphatic rings. The van der Waals surface area contributed by atoms with Gasteiger partial charge in [0.05, 0.1) is 18.8 Å². The Kier molecular flexibility index (Phi) is 5.27. The molecule has 2 unspecified atom stereocenters. The van der Waals surface area contributed by atoms with E-state index in [-0.39, 0.29) is 11.9 Å². The van der Waals surface area contributed by atoms with Crippen molar-refractivity contribution >= 4 is 23.6 Å². The largest absolute Gasteiger partial charge is 0.497 e. The topological polar surface area (TPSA) is 75.6 Å². The highest BCUT2D eigenvalue weighted by Gasteiger charge is 2.25. The van der Waals surface area contributed by atoms with Crippen LogP contribution in [0, 0.1) is 5.92 Å². The molecule has 5 nitrogen and oxygen atoms in total. The fourth-order valence-corrected chi connectivity index (χ4v) is 2.77. The molecule has 21 heavy (non-hydrogen) atoms. The molecule has 0 aliphatic heterocycles. The van der Waals surface area contributed by atoms with Gasteiger partial charge in [0.25, 0.3) is 0 Å². The lowest BCUT2D eigenvalue weighted by molar-refractivity contribution is -0.140. The lowest BCUT2D eigenvalue weighted by Crippen LogP contribution is -2.34. The summed E-state index contributed by atoms with van der Waals surface area (Å²) in [6.45, 7) is 0. The van der Waals surface area contributed by atoms with Gasteiger partial charge in [-0.25, -0.2) is 0 Å². The number of methoxy groups -OCH3 is 1. The minimum absolute atomic E-state index is 0.100. The van der Waals surface area contributed by atoms with E-state index in [9.17, 15) is 9.59 Å². The fraction of sp³-hybridized carbons (Fsp3) is 0.333. The Morgan fingerprint density at radius 3 is 2.62 bits per heavy atom. The predicted molar refractivity (Wildman–Crippen MR) is 80.5 cm³/mol. The second-order valence-corrected chi connectivity index (χ2v) is 5.75. The summed E-state index contributed by atoms with van der Waals surface area (Å²) in [5.74, 6) is -0.370. The normalized spacial score (nSPS) is 20.2. The van der Waals surface area contributed by atoms with Crippen LogP contribution in [0.5, 0.6) is 5.75 Å². The quantitative estimate of drug-likeness (QED) is 0.620. The molecule has 0 spiro atoms. The minimum Gasteiger partial charge on any atom is -0.497 e. The minimum atomic E-state index is -0.851. The highest BCUT2D eigenvalue weighted by Crippen LogP contribution is 2.22. The highest BCUT2D eigenvalue weighted by atomic mass is 32.2. The summed E-state index contributed by atoms with van der Waals surface area (Å²) < 4.78 is 5.07. The number of amides is 1. The number of benzene rings is 1. The molecule has 2 atom stereocenters. The van der Waals surface area contributed by atoms with Gasteiger partial charge in [-0.2, -0.15) is 0 Å². The predicted octanol–water partition coefficient (Wildman–Crippen LogP) is 1.93. The van der Waals surface area contributed by atoms with Crippen molar-refractivity contribution in [3.63, 3.8) is 0 Å². The first-order valence-electron chi connectivity index (χ1n) is 6.56. The standard InChI is InChI=1S/C15H17NO4S/c1-20-12-4-6-13(7-5-12)21-9-14(17)16-11-3-2-10(8-11)15(18)19/h2-7,10-11H,8-9H2,1H3,(H,16,17)(H,18,19). The van der Waals surface area contributed by atoms with Gasteiger partial charge in [0, 0.05) is 10.9 Å². The van der Waals surface area contributed by atoms with E-state index in [1.807, 2.05) is 24.3 Å². The van der Waals surface area contributed by atoms with Crippen molar-refractivity contribution < 1.29 is 19.4 Å². The maximum Gasteiger partial charge on any atom is 0.310 e. The molecule has 0 aromatic heterocycles. The van der Waals surface area contributed by atoms with Crippen LogP contribution < -0.4 is 10.1 Å². The van der Waals surface area contributed by atoms with E-state index in [0.717, 1.165) is 10.6 Å². The first-order chi connectivity index (χ1) is 10.1. The molecule has 1 aliphatic carbocycles. The Morgan fingerprint density at radius 2 is 2.05 bits per heavy atom. The van der Waals surface area contributed by atoms with Gasteiger partial charge in [-0.1, -0.05) is 12.2 Å². The molecule has 0 radical (unpaired) electrons. The lowest BCUT2D eigenvalue weighted by Gasteiger charge is -2.12. The van der Waals surface area contributed by atoms with Crippen molar-refractivity contribution in [2.45, 2.75) is 17.4 Å². The number of rotatable bonds is 6. The first-order valence-corrected chi connectivity index (χ1v) is 7.54. The number of carboxylic acid groups (broad SMARTS) is 1. The number of thioether (sulfide) groups is 1. The molecule has 1 amide bonds. The number of hydrogen-bond acceptors (Lipinski definition) is 4. The van der Waals surface area contributed by atoms with Gasteiger partial charge in [0.15, 0.2) is 0 Å². The first kappa shape index (κ1) is 15.4. The van der Waals surface area contributed by atoms with Gasteiger partial charge in [0.2, 0.25) is 5.91 Å². The molecule has 0 heterocycles. The third-order valence-corrected chi connectivity index (χ3v) is 4.19. The zero-order chi connectivity index (χ0) is 15.2. The molecule has 112 valence electrons. The number of carbonyl (C=O) groups excluding carboxylic acids is 1. The third kappa shape index (κ3) is 4.53. The molecule has 1 aromatic carbocycles. The smallest absolute Gasteiger partial charge is 0.310 e. The van der Waals surface area contributed by atoms with Crippen molar-refractivity contribution in [2.24, 2.45) is 5.92 Å². The number of aliphatic carboxylic acids is 1. The van der Waals surface area contributed by atoms with Gasteiger partial charge < -0.3 is 15.2 Å². The number of carboxylic acids is 1. The maximum atomic E-state index is 11.8. The SMILES string of the molecule is COc1ccc(SCC(=O)NC2C=CC(C(=O)O)C2)cc1. The monoisotopic (exact) mass is 307 g/mol. The third-order valence-electron chi connectivity index (χ3n) is 3.18. The van der Waals surface area contributed by atoms with E-state index in [0.29, 0.717) is 12.2 Å². The Morgan fingerprint density at radius 1 is 1.33 bits per heavy atom. The van der Waals surface area contributed by atoms with Crippen LogP contribution in [0.2, 0.25) is 0 Å².